The standard InChI is InChI=1S/C16H17N3O2/c1-16(2)6-14(20)12(15(21)7-16)9-17-11-4-3-10-8-18-19-13(10)5-11/h3-5,8-9,20H,6-7H2,1-2H3,(H,18,19). The van der Waals surface area contributed by atoms with E-state index in [1.54, 1.807) is 6.20 Å². The summed E-state index contributed by atoms with van der Waals surface area (Å²) in [5.41, 5.74) is 1.73. The number of ketones is 1. The highest BCUT2D eigenvalue weighted by Gasteiger charge is 2.32. The summed E-state index contributed by atoms with van der Waals surface area (Å²) in [7, 11) is 0. The van der Waals surface area contributed by atoms with Crippen LogP contribution in [-0.4, -0.2) is 27.3 Å². The molecule has 1 aromatic heterocycles. The minimum absolute atomic E-state index is 0.0601. The van der Waals surface area contributed by atoms with Crippen LogP contribution in [0.1, 0.15) is 26.7 Å². The molecule has 0 bridgehead atoms. The van der Waals surface area contributed by atoms with Gasteiger partial charge in [-0.25, -0.2) is 0 Å². The van der Waals surface area contributed by atoms with Gasteiger partial charge in [-0.1, -0.05) is 13.8 Å². The molecule has 0 spiro atoms. The number of hydrogen-bond donors (Lipinski definition) is 2. The number of carbonyl (C=O) groups excluding carboxylic acids is 1. The minimum atomic E-state index is -0.187. The summed E-state index contributed by atoms with van der Waals surface area (Å²) in [6.45, 7) is 3.95. The average molecular weight is 283 g/mol. The van der Waals surface area contributed by atoms with Crippen LogP contribution in [0.15, 0.2) is 40.7 Å². The van der Waals surface area contributed by atoms with E-state index in [0.717, 1.165) is 10.9 Å². The Bertz CT molecular complexity index is 769. The van der Waals surface area contributed by atoms with Crippen LogP contribution in [0.5, 0.6) is 0 Å². The van der Waals surface area contributed by atoms with E-state index < -0.39 is 0 Å². The van der Waals surface area contributed by atoms with Crippen molar-refractivity contribution in [1.82, 2.24) is 10.2 Å². The summed E-state index contributed by atoms with van der Waals surface area (Å²) >= 11 is 0. The van der Waals surface area contributed by atoms with E-state index in [-0.39, 0.29) is 17.0 Å². The quantitative estimate of drug-likeness (QED) is 0.828. The average Bonchev–Trinajstić information content (AvgIpc) is 2.83. The van der Waals surface area contributed by atoms with Crippen LogP contribution in [0.4, 0.5) is 5.69 Å². The molecule has 5 heteroatoms. The van der Waals surface area contributed by atoms with Crippen LogP contribution in [0.3, 0.4) is 0 Å². The van der Waals surface area contributed by atoms with Gasteiger partial charge in [0.1, 0.15) is 5.76 Å². The van der Waals surface area contributed by atoms with E-state index in [4.69, 9.17) is 0 Å². The highest BCUT2D eigenvalue weighted by Crippen LogP contribution is 2.35. The van der Waals surface area contributed by atoms with Gasteiger partial charge in [0, 0.05) is 24.4 Å². The van der Waals surface area contributed by atoms with Crippen LogP contribution in [0.2, 0.25) is 0 Å². The van der Waals surface area contributed by atoms with Gasteiger partial charge < -0.3 is 5.11 Å². The molecule has 1 aliphatic carbocycles. The van der Waals surface area contributed by atoms with Crippen LogP contribution < -0.4 is 0 Å². The van der Waals surface area contributed by atoms with Crippen molar-refractivity contribution in [3.63, 3.8) is 0 Å². The summed E-state index contributed by atoms with van der Waals surface area (Å²) in [6, 6.07) is 5.61. The highest BCUT2D eigenvalue weighted by atomic mass is 16.3. The number of rotatable bonds is 2. The maximum Gasteiger partial charge on any atom is 0.168 e. The van der Waals surface area contributed by atoms with Crippen molar-refractivity contribution in [1.29, 1.82) is 0 Å². The van der Waals surface area contributed by atoms with Gasteiger partial charge in [0.05, 0.1) is 23.0 Å². The fourth-order valence-electron chi connectivity index (χ4n) is 2.59. The number of aliphatic imine (C=N–C) groups is 1. The van der Waals surface area contributed by atoms with Crippen molar-refractivity contribution in [3.8, 4) is 0 Å². The molecule has 0 amide bonds. The number of nitrogens with zero attached hydrogens (tertiary/aromatic N) is 2. The predicted molar refractivity (Wildman–Crippen MR) is 81.9 cm³/mol. The number of aliphatic hydroxyl groups is 1. The number of nitrogens with one attached hydrogen (secondary N) is 1. The number of fused-ring (bicyclic) bond motifs is 1. The predicted octanol–water partition coefficient (Wildman–Crippen LogP) is 3.47. The molecule has 1 aromatic carbocycles. The lowest BCUT2D eigenvalue weighted by Crippen LogP contribution is -2.26. The number of aliphatic hydroxyl groups excluding tert-OH is 1. The van der Waals surface area contributed by atoms with Gasteiger partial charge in [-0.3, -0.25) is 14.9 Å². The summed E-state index contributed by atoms with van der Waals surface area (Å²) < 4.78 is 0. The number of allylic oxidation sites excluding steroid dienone is 2. The topological polar surface area (TPSA) is 78.3 Å². The number of aromatic amines is 1. The molecule has 0 saturated carbocycles. The molecular formula is C16H17N3O2. The van der Waals surface area contributed by atoms with Crippen LogP contribution in [0, 0.1) is 5.41 Å². The van der Waals surface area contributed by atoms with Gasteiger partial charge in [-0.05, 0) is 23.6 Å². The lowest BCUT2D eigenvalue weighted by molar-refractivity contribution is -0.117. The number of aromatic nitrogens is 2. The number of hydrogen-bond acceptors (Lipinski definition) is 4. The molecule has 5 nitrogen and oxygen atoms in total. The number of Topliss-reactive ketones (excluding diaryl/α,β-unsaturated/α-hetero) is 1. The molecule has 108 valence electrons. The Balaban J connectivity index is 1.89. The Morgan fingerprint density at radius 1 is 1.38 bits per heavy atom. The van der Waals surface area contributed by atoms with Gasteiger partial charge in [-0.15, -0.1) is 0 Å². The zero-order chi connectivity index (χ0) is 15.0. The van der Waals surface area contributed by atoms with Crippen molar-refractivity contribution in [2.45, 2.75) is 26.7 Å². The lowest BCUT2D eigenvalue weighted by Gasteiger charge is -2.28. The zero-order valence-corrected chi connectivity index (χ0v) is 12.1. The van der Waals surface area contributed by atoms with E-state index in [9.17, 15) is 9.90 Å². The van der Waals surface area contributed by atoms with Crippen molar-refractivity contribution in [2.24, 2.45) is 10.4 Å². The maximum atomic E-state index is 12.1. The second-order valence-corrected chi connectivity index (χ2v) is 6.20. The first-order valence-corrected chi connectivity index (χ1v) is 6.87. The molecule has 21 heavy (non-hydrogen) atoms. The first-order valence-electron chi connectivity index (χ1n) is 6.87. The summed E-state index contributed by atoms with van der Waals surface area (Å²) in [5, 5.41) is 17.9. The molecule has 0 saturated heterocycles. The molecular weight excluding hydrogens is 266 g/mol. The molecule has 0 atom stereocenters. The number of H-pyrrole nitrogens is 1. The third kappa shape index (κ3) is 2.72. The van der Waals surface area contributed by atoms with E-state index in [2.05, 4.69) is 15.2 Å². The molecule has 1 heterocycles. The largest absolute Gasteiger partial charge is 0.511 e. The molecule has 0 unspecified atom stereocenters. The highest BCUT2D eigenvalue weighted by molar-refractivity contribution is 6.15. The van der Waals surface area contributed by atoms with Crippen LogP contribution in [0.25, 0.3) is 10.9 Å². The number of carbonyl (C=O) groups is 1. The Hall–Kier alpha value is -2.43. The third-order valence-electron chi connectivity index (χ3n) is 3.66. The van der Waals surface area contributed by atoms with Gasteiger partial charge in [0.15, 0.2) is 5.78 Å². The normalized spacial score (nSPS) is 18.9. The Morgan fingerprint density at radius 3 is 2.95 bits per heavy atom. The van der Waals surface area contributed by atoms with Gasteiger partial charge in [0.2, 0.25) is 0 Å². The number of benzene rings is 1. The van der Waals surface area contributed by atoms with Gasteiger partial charge >= 0.3 is 0 Å². The molecule has 1 aliphatic rings. The fourth-order valence-corrected chi connectivity index (χ4v) is 2.59. The zero-order valence-electron chi connectivity index (χ0n) is 12.1. The summed E-state index contributed by atoms with van der Waals surface area (Å²) in [6.07, 6.45) is 4.13. The SMILES string of the molecule is CC1(C)CC(=O)C(C=Nc2ccc3cn[nH]c3c2)=C(O)C1. The minimum Gasteiger partial charge on any atom is -0.511 e. The van der Waals surface area contributed by atoms with E-state index >= 15 is 0 Å². The molecule has 3 rings (SSSR count). The summed E-state index contributed by atoms with van der Waals surface area (Å²) in [4.78, 5) is 16.4. The monoisotopic (exact) mass is 283 g/mol. The molecule has 0 fully saturated rings. The first kappa shape index (κ1) is 13.5. The van der Waals surface area contributed by atoms with Crippen molar-refractivity contribution in [2.75, 3.05) is 0 Å². The third-order valence-corrected chi connectivity index (χ3v) is 3.66. The fraction of sp³-hybridized carbons (Fsp3) is 0.312. The van der Waals surface area contributed by atoms with Crippen molar-refractivity contribution < 1.29 is 9.90 Å². The van der Waals surface area contributed by atoms with Crippen LogP contribution >= 0.6 is 0 Å². The second kappa shape index (κ2) is 4.84. The maximum absolute atomic E-state index is 12.1. The molecule has 2 N–H and O–H groups in total. The van der Waals surface area contributed by atoms with Crippen molar-refractivity contribution in [3.05, 3.63) is 35.7 Å². The van der Waals surface area contributed by atoms with Gasteiger partial charge in [0.25, 0.3) is 0 Å². The van der Waals surface area contributed by atoms with E-state index in [0.29, 0.717) is 24.1 Å². The van der Waals surface area contributed by atoms with Gasteiger partial charge in [-0.2, -0.15) is 5.10 Å². The molecule has 2 aromatic rings. The lowest BCUT2D eigenvalue weighted by atomic mass is 9.77. The van der Waals surface area contributed by atoms with Crippen molar-refractivity contribution >= 4 is 28.6 Å². The van der Waals surface area contributed by atoms with Crippen LogP contribution in [-0.2, 0) is 4.79 Å². The Labute approximate surface area is 122 Å². The van der Waals surface area contributed by atoms with E-state index in [1.807, 2.05) is 32.0 Å². The second-order valence-electron chi connectivity index (χ2n) is 6.20. The first-order chi connectivity index (χ1) is 9.94. The molecule has 0 radical (unpaired) electrons. The Morgan fingerprint density at radius 2 is 2.19 bits per heavy atom. The summed E-state index contributed by atoms with van der Waals surface area (Å²) in [5.74, 6) is 0.0673. The van der Waals surface area contributed by atoms with E-state index in [1.165, 1.54) is 6.21 Å². The Kier molecular flexibility index (Phi) is 3.12. The smallest absolute Gasteiger partial charge is 0.168 e. The molecule has 0 aliphatic heterocycles.